The second-order valence-electron chi connectivity index (χ2n) is 4.56. The molecule has 0 saturated heterocycles. The highest BCUT2D eigenvalue weighted by Crippen LogP contribution is 2.27. The van der Waals surface area contributed by atoms with Crippen LogP contribution in [0, 0.1) is 5.82 Å². The molecule has 0 fully saturated rings. The maximum atomic E-state index is 13.8. The zero-order valence-corrected chi connectivity index (χ0v) is 13.2. The number of carbonyl (C=O) groups excluding carboxylic acids is 2. The van der Waals surface area contributed by atoms with E-state index in [0.29, 0.717) is 10.7 Å². The van der Waals surface area contributed by atoms with Crippen LogP contribution in [0.3, 0.4) is 0 Å². The van der Waals surface area contributed by atoms with Crippen molar-refractivity contribution in [3.05, 3.63) is 64.4 Å². The van der Waals surface area contributed by atoms with Crippen LogP contribution in [-0.4, -0.2) is 24.6 Å². The normalized spacial score (nSPS) is 10.4. The molecule has 0 N–H and O–H groups in total. The van der Waals surface area contributed by atoms with Crippen molar-refractivity contribution in [3.8, 4) is 0 Å². The summed E-state index contributed by atoms with van der Waals surface area (Å²) < 4.78 is 13.8. The molecule has 22 heavy (non-hydrogen) atoms. The predicted octanol–water partition coefficient (Wildman–Crippen LogP) is 3.91. The van der Waals surface area contributed by atoms with E-state index in [1.807, 2.05) is 0 Å². The van der Waals surface area contributed by atoms with E-state index >= 15 is 0 Å². The lowest BCUT2D eigenvalue weighted by Crippen LogP contribution is -2.29. The van der Waals surface area contributed by atoms with Crippen LogP contribution < -0.4 is 4.90 Å². The van der Waals surface area contributed by atoms with Crippen LogP contribution in [0.15, 0.2) is 42.5 Å². The quantitative estimate of drug-likeness (QED) is 0.625. The number of halogens is 3. The van der Waals surface area contributed by atoms with Gasteiger partial charge in [-0.1, -0.05) is 23.7 Å². The van der Waals surface area contributed by atoms with Gasteiger partial charge >= 0.3 is 0 Å². The Morgan fingerprint density at radius 1 is 1.14 bits per heavy atom. The number of anilines is 1. The maximum absolute atomic E-state index is 13.8. The standard InChI is InChI=1S/C16H12Cl2FNO2/c1-20(15(21)9-17)14-7-6-10(18)8-12(14)16(22)11-4-2-3-5-13(11)19/h2-8H,9H2,1H3. The maximum Gasteiger partial charge on any atom is 0.241 e. The van der Waals surface area contributed by atoms with Crippen molar-refractivity contribution in [1.29, 1.82) is 0 Å². The molecule has 0 aromatic heterocycles. The molecule has 0 radical (unpaired) electrons. The monoisotopic (exact) mass is 339 g/mol. The first-order valence-corrected chi connectivity index (χ1v) is 7.28. The van der Waals surface area contributed by atoms with Crippen LogP contribution in [-0.2, 0) is 4.79 Å². The number of ketones is 1. The number of carbonyl (C=O) groups is 2. The molecule has 1 amide bonds. The largest absolute Gasteiger partial charge is 0.314 e. The van der Waals surface area contributed by atoms with E-state index in [1.165, 1.54) is 42.3 Å². The molecular formula is C16H12Cl2FNO2. The summed E-state index contributed by atoms with van der Waals surface area (Å²) in [7, 11) is 1.49. The molecule has 0 aliphatic rings. The van der Waals surface area contributed by atoms with Crippen molar-refractivity contribution < 1.29 is 14.0 Å². The Morgan fingerprint density at radius 2 is 1.82 bits per heavy atom. The van der Waals surface area contributed by atoms with Gasteiger partial charge in [-0.15, -0.1) is 11.6 Å². The van der Waals surface area contributed by atoms with Gasteiger partial charge in [0, 0.05) is 17.6 Å². The molecule has 6 heteroatoms. The third-order valence-corrected chi connectivity index (χ3v) is 3.64. The Labute approximate surface area is 137 Å². The van der Waals surface area contributed by atoms with Crippen LogP contribution in [0.5, 0.6) is 0 Å². The van der Waals surface area contributed by atoms with Crippen molar-refractivity contribution in [2.75, 3.05) is 17.8 Å². The van der Waals surface area contributed by atoms with Crippen molar-refractivity contribution in [2.24, 2.45) is 0 Å². The highest BCUT2D eigenvalue weighted by atomic mass is 35.5. The van der Waals surface area contributed by atoms with Crippen LogP contribution in [0.4, 0.5) is 10.1 Å². The van der Waals surface area contributed by atoms with Gasteiger partial charge in [0.1, 0.15) is 11.7 Å². The number of hydrogen-bond acceptors (Lipinski definition) is 2. The lowest BCUT2D eigenvalue weighted by Gasteiger charge is -2.19. The lowest BCUT2D eigenvalue weighted by atomic mass is 10.0. The fourth-order valence-electron chi connectivity index (χ4n) is 2.00. The van der Waals surface area contributed by atoms with E-state index in [4.69, 9.17) is 23.2 Å². The molecule has 0 heterocycles. The van der Waals surface area contributed by atoms with Gasteiger partial charge in [0.25, 0.3) is 0 Å². The minimum atomic E-state index is -0.634. The van der Waals surface area contributed by atoms with E-state index in [-0.39, 0.29) is 22.9 Å². The molecule has 114 valence electrons. The number of hydrogen-bond donors (Lipinski definition) is 0. The first-order chi connectivity index (χ1) is 10.5. The average molecular weight is 340 g/mol. The zero-order chi connectivity index (χ0) is 16.3. The van der Waals surface area contributed by atoms with Crippen molar-refractivity contribution in [1.82, 2.24) is 0 Å². The summed E-state index contributed by atoms with van der Waals surface area (Å²) >= 11 is 11.5. The molecule has 0 saturated carbocycles. The molecule has 0 aliphatic heterocycles. The minimum absolute atomic E-state index is 0.0854. The zero-order valence-electron chi connectivity index (χ0n) is 11.6. The van der Waals surface area contributed by atoms with Gasteiger partial charge in [-0.3, -0.25) is 9.59 Å². The summed E-state index contributed by atoms with van der Waals surface area (Å²) in [4.78, 5) is 25.6. The smallest absolute Gasteiger partial charge is 0.241 e. The first-order valence-electron chi connectivity index (χ1n) is 6.37. The third-order valence-electron chi connectivity index (χ3n) is 3.17. The van der Waals surface area contributed by atoms with Crippen LogP contribution in [0.2, 0.25) is 5.02 Å². The SMILES string of the molecule is CN(C(=O)CCl)c1ccc(Cl)cc1C(=O)c1ccccc1F. The van der Waals surface area contributed by atoms with Gasteiger partial charge in [-0.25, -0.2) is 4.39 Å². The molecule has 3 nitrogen and oxygen atoms in total. The molecular weight excluding hydrogens is 328 g/mol. The molecule has 2 aromatic rings. The lowest BCUT2D eigenvalue weighted by molar-refractivity contribution is -0.116. The molecule has 0 spiro atoms. The molecule has 2 aromatic carbocycles. The molecule has 2 rings (SSSR count). The molecule has 0 unspecified atom stereocenters. The van der Waals surface area contributed by atoms with E-state index in [2.05, 4.69) is 0 Å². The molecule has 0 bridgehead atoms. The van der Waals surface area contributed by atoms with Crippen molar-refractivity contribution >= 4 is 40.6 Å². The Bertz CT molecular complexity index is 734. The Balaban J connectivity index is 2.55. The Kier molecular flexibility index (Phi) is 5.16. The number of amides is 1. The van der Waals surface area contributed by atoms with Gasteiger partial charge in [-0.2, -0.15) is 0 Å². The third kappa shape index (κ3) is 3.29. The summed E-state index contributed by atoms with van der Waals surface area (Å²) in [5.74, 6) is -1.80. The first kappa shape index (κ1) is 16.5. The van der Waals surface area contributed by atoms with E-state index in [9.17, 15) is 14.0 Å². The van der Waals surface area contributed by atoms with Crippen molar-refractivity contribution in [2.45, 2.75) is 0 Å². The predicted molar refractivity (Wildman–Crippen MR) is 85.4 cm³/mol. The van der Waals surface area contributed by atoms with E-state index < -0.39 is 11.6 Å². The van der Waals surface area contributed by atoms with Crippen molar-refractivity contribution in [3.63, 3.8) is 0 Å². The van der Waals surface area contributed by atoms with Gasteiger partial charge in [0.15, 0.2) is 5.78 Å². The topological polar surface area (TPSA) is 37.4 Å². The number of nitrogens with zero attached hydrogens (tertiary/aromatic N) is 1. The van der Waals surface area contributed by atoms with Gasteiger partial charge in [0.05, 0.1) is 11.3 Å². The van der Waals surface area contributed by atoms with Crippen LogP contribution >= 0.6 is 23.2 Å². The number of benzene rings is 2. The summed E-state index contributed by atoms with van der Waals surface area (Å²) in [6.45, 7) is 0. The molecule has 0 aliphatic carbocycles. The fraction of sp³-hybridized carbons (Fsp3) is 0.125. The number of rotatable bonds is 4. The summed E-state index contributed by atoms with van der Waals surface area (Å²) in [5, 5.41) is 0.315. The Hall–Kier alpha value is -1.91. The van der Waals surface area contributed by atoms with Gasteiger partial charge in [0.2, 0.25) is 5.91 Å². The second-order valence-corrected chi connectivity index (χ2v) is 5.26. The highest BCUT2D eigenvalue weighted by molar-refractivity contribution is 6.32. The second kappa shape index (κ2) is 6.90. The van der Waals surface area contributed by atoms with Crippen LogP contribution in [0.25, 0.3) is 0 Å². The van der Waals surface area contributed by atoms with E-state index in [1.54, 1.807) is 12.1 Å². The average Bonchev–Trinajstić information content (AvgIpc) is 2.53. The minimum Gasteiger partial charge on any atom is -0.314 e. The van der Waals surface area contributed by atoms with Crippen LogP contribution in [0.1, 0.15) is 15.9 Å². The fourth-order valence-corrected chi connectivity index (χ4v) is 2.35. The summed E-state index contributed by atoms with van der Waals surface area (Å²) in [5.41, 5.74) is 0.375. The highest BCUT2D eigenvalue weighted by Gasteiger charge is 2.21. The van der Waals surface area contributed by atoms with Gasteiger partial charge < -0.3 is 4.90 Å². The number of alkyl halides is 1. The molecule has 0 atom stereocenters. The Morgan fingerprint density at radius 3 is 2.45 bits per heavy atom. The summed E-state index contributed by atoms with van der Waals surface area (Å²) in [6, 6.07) is 10.1. The van der Waals surface area contributed by atoms with Gasteiger partial charge in [-0.05, 0) is 30.3 Å². The van der Waals surface area contributed by atoms with E-state index in [0.717, 1.165) is 0 Å². The summed E-state index contributed by atoms with van der Waals surface area (Å²) in [6.07, 6.45) is 0.